The van der Waals surface area contributed by atoms with Crippen LogP contribution >= 0.6 is 0 Å². The average molecular weight is 245 g/mol. The van der Waals surface area contributed by atoms with Gasteiger partial charge in [-0.15, -0.1) is 0 Å². The topological polar surface area (TPSA) is 128 Å². The molecule has 0 fully saturated rings. The molecule has 0 saturated carbocycles. The molecular weight excluding hydrogens is 236 g/mol. The number of carbonyl (C=O) groups excluding carboxylic acids is 1. The van der Waals surface area contributed by atoms with Crippen molar-refractivity contribution in [1.82, 2.24) is 5.73 Å². The van der Waals surface area contributed by atoms with Crippen molar-refractivity contribution in [2.75, 3.05) is 5.32 Å². The first-order chi connectivity index (χ1) is 7.21. The number of benzene rings is 1. The Balaban J connectivity index is 3.39. The standard InChI is InChI=1S/C8H9N2O5S/c1-4(11)10-7-3-5(16(13,14)15)2-6(9)8(7)12/h2-3,9,12H,1H3,(H,10,11)(H,13,14,15). The molecule has 16 heavy (non-hydrogen) atoms. The fourth-order valence-electron chi connectivity index (χ4n) is 1.04. The van der Waals surface area contributed by atoms with Crippen LogP contribution in [0.4, 0.5) is 11.4 Å². The lowest BCUT2D eigenvalue weighted by atomic mass is 10.2. The van der Waals surface area contributed by atoms with Crippen LogP contribution in [0.15, 0.2) is 17.0 Å². The summed E-state index contributed by atoms with van der Waals surface area (Å²) in [5, 5.41) is 11.5. The largest absolute Gasteiger partial charge is 0.504 e. The Labute approximate surface area is 91.6 Å². The van der Waals surface area contributed by atoms with Gasteiger partial charge in [0.2, 0.25) is 5.91 Å². The summed E-state index contributed by atoms with van der Waals surface area (Å²) >= 11 is 0. The smallest absolute Gasteiger partial charge is 0.294 e. The Bertz CT molecular complexity index is 538. The van der Waals surface area contributed by atoms with Gasteiger partial charge in [0.05, 0.1) is 16.3 Å². The summed E-state index contributed by atoms with van der Waals surface area (Å²) in [5.74, 6) is -1.11. The molecule has 0 aromatic heterocycles. The summed E-state index contributed by atoms with van der Waals surface area (Å²) in [6.45, 7) is 1.16. The van der Waals surface area contributed by atoms with E-state index in [1.165, 1.54) is 0 Å². The van der Waals surface area contributed by atoms with E-state index in [2.05, 4.69) is 5.32 Å². The zero-order valence-corrected chi connectivity index (χ0v) is 9.00. The Morgan fingerprint density at radius 1 is 1.44 bits per heavy atom. The van der Waals surface area contributed by atoms with Crippen LogP contribution < -0.4 is 11.1 Å². The SMILES string of the molecule is CC(=O)Nc1cc(S(=O)(=O)O)cc([NH])c1O. The van der Waals surface area contributed by atoms with Gasteiger partial charge in [0, 0.05) is 6.92 Å². The summed E-state index contributed by atoms with van der Waals surface area (Å²) in [6, 6.07) is 1.64. The van der Waals surface area contributed by atoms with Gasteiger partial charge in [-0.05, 0) is 12.1 Å². The monoisotopic (exact) mass is 245 g/mol. The summed E-state index contributed by atoms with van der Waals surface area (Å²) in [6.07, 6.45) is 0. The van der Waals surface area contributed by atoms with E-state index in [4.69, 9.17) is 10.3 Å². The Kier molecular flexibility index (Phi) is 3.06. The van der Waals surface area contributed by atoms with Crippen LogP contribution in [0.1, 0.15) is 6.92 Å². The molecule has 1 rings (SSSR count). The van der Waals surface area contributed by atoms with E-state index in [1.54, 1.807) is 0 Å². The van der Waals surface area contributed by atoms with Gasteiger partial charge in [-0.1, -0.05) is 0 Å². The lowest BCUT2D eigenvalue weighted by Crippen LogP contribution is -2.07. The van der Waals surface area contributed by atoms with Crippen LogP contribution in [-0.4, -0.2) is 24.0 Å². The number of nitrogens with one attached hydrogen (secondary N) is 2. The number of hydrogen-bond acceptors (Lipinski definition) is 4. The minimum absolute atomic E-state index is 0.243. The first-order valence-corrected chi connectivity index (χ1v) is 5.49. The van der Waals surface area contributed by atoms with Crippen LogP contribution in [0.2, 0.25) is 0 Å². The molecule has 0 atom stereocenters. The van der Waals surface area contributed by atoms with Crippen molar-refractivity contribution in [2.45, 2.75) is 11.8 Å². The molecule has 8 heteroatoms. The maximum atomic E-state index is 10.8. The predicted molar refractivity (Wildman–Crippen MR) is 55.0 cm³/mol. The average Bonchev–Trinajstić information content (AvgIpc) is 2.10. The fourth-order valence-corrected chi connectivity index (χ4v) is 1.58. The minimum atomic E-state index is -4.48. The number of hydrogen-bond donors (Lipinski definition) is 3. The highest BCUT2D eigenvalue weighted by Crippen LogP contribution is 2.33. The second-order valence-corrected chi connectivity index (χ2v) is 4.44. The van der Waals surface area contributed by atoms with E-state index < -0.39 is 32.4 Å². The normalized spacial score (nSPS) is 11.1. The molecule has 7 nitrogen and oxygen atoms in total. The molecule has 0 bridgehead atoms. The maximum absolute atomic E-state index is 10.8. The molecule has 87 valence electrons. The summed E-state index contributed by atoms with van der Waals surface area (Å²) in [5.41, 5.74) is 6.49. The van der Waals surface area contributed by atoms with Gasteiger partial charge in [-0.25, -0.2) is 0 Å². The van der Waals surface area contributed by atoms with Crippen molar-refractivity contribution in [3.8, 4) is 5.75 Å². The van der Waals surface area contributed by atoms with Gasteiger partial charge in [-0.2, -0.15) is 8.42 Å². The van der Waals surface area contributed by atoms with E-state index in [1.807, 2.05) is 0 Å². The third-order valence-corrected chi connectivity index (χ3v) is 2.52. The predicted octanol–water partition coefficient (Wildman–Crippen LogP) is 0.512. The van der Waals surface area contributed by atoms with E-state index in [0.29, 0.717) is 0 Å². The number of rotatable bonds is 2. The second-order valence-electron chi connectivity index (χ2n) is 3.02. The lowest BCUT2D eigenvalue weighted by molar-refractivity contribution is -0.114. The van der Waals surface area contributed by atoms with E-state index in [9.17, 15) is 18.3 Å². The molecule has 4 N–H and O–H groups in total. The maximum Gasteiger partial charge on any atom is 0.294 e. The van der Waals surface area contributed by atoms with Gasteiger partial charge in [-0.3, -0.25) is 15.1 Å². The third kappa shape index (κ3) is 2.61. The molecule has 0 aliphatic rings. The summed E-state index contributed by atoms with van der Waals surface area (Å²) in [7, 11) is -4.48. The zero-order valence-electron chi connectivity index (χ0n) is 8.18. The number of aromatic hydroxyl groups is 1. The molecule has 0 heterocycles. The first kappa shape index (κ1) is 12.3. The van der Waals surface area contributed by atoms with Gasteiger partial charge in [0.1, 0.15) is 0 Å². The van der Waals surface area contributed by atoms with Gasteiger partial charge in [0.25, 0.3) is 10.1 Å². The lowest BCUT2D eigenvalue weighted by Gasteiger charge is -2.08. The number of anilines is 1. The quantitative estimate of drug-likeness (QED) is 0.516. The number of carbonyl (C=O) groups is 1. The van der Waals surface area contributed by atoms with Crippen LogP contribution in [0, 0.1) is 0 Å². The van der Waals surface area contributed by atoms with Crippen molar-refractivity contribution >= 4 is 27.4 Å². The van der Waals surface area contributed by atoms with Crippen molar-refractivity contribution in [3.05, 3.63) is 12.1 Å². The number of phenolic OH excluding ortho intramolecular Hbond substituents is 1. The molecule has 1 radical (unpaired) electrons. The second kappa shape index (κ2) is 3.99. The van der Waals surface area contributed by atoms with Crippen molar-refractivity contribution in [3.63, 3.8) is 0 Å². The molecule has 0 aliphatic carbocycles. The molecule has 0 spiro atoms. The molecular formula is C8H9N2O5S. The molecule has 0 unspecified atom stereocenters. The van der Waals surface area contributed by atoms with Gasteiger partial charge < -0.3 is 10.4 Å². The summed E-state index contributed by atoms with van der Waals surface area (Å²) in [4.78, 5) is 10.2. The highest BCUT2D eigenvalue weighted by atomic mass is 32.2. The molecule has 1 aromatic carbocycles. The number of amides is 1. The highest BCUT2D eigenvalue weighted by molar-refractivity contribution is 7.85. The van der Waals surface area contributed by atoms with Gasteiger partial charge >= 0.3 is 0 Å². The third-order valence-electron chi connectivity index (χ3n) is 1.69. The van der Waals surface area contributed by atoms with E-state index in [-0.39, 0.29) is 5.69 Å². The first-order valence-electron chi connectivity index (χ1n) is 4.05. The van der Waals surface area contributed by atoms with E-state index >= 15 is 0 Å². The Morgan fingerprint density at radius 2 is 2.00 bits per heavy atom. The van der Waals surface area contributed by atoms with Crippen molar-refractivity contribution in [2.24, 2.45) is 0 Å². The van der Waals surface area contributed by atoms with Gasteiger partial charge in [0.15, 0.2) is 5.75 Å². The molecule has 1 aromatic rings. The minimum Gasteiger partial charge on any atom is -0.504 e. The zero-order chi connectivity index (χ0) is 12.5. The van der Waals surface area contributed by atoms with Crippen LogP contribution in [0.25, 0.3) is 0 Å². The van der Waals surface area contributed by atoms with Crippen molar-refractivity contribution in [1.29, 1.82) is 0 Å². The van der Waals surface area contributed by atoms with Crippen LogP contribution in [0.3, 0.4) is 0 Å². The fraction of sp³-hybridized carbons (Fsp3) is 0.125. The Hall–Kier alpha value is -1.80. The van der Waals surface area contributed by atoms with Crippen molar-refractivity contribution < 1.29 is 22.9 Å². The highest BCUT2D eigenvalue weighted by Gasteiger charge is 2.16. The van der Waals surface area contributed by atoms with Crippen LogP contribution in [0.5, 0.6) is 5.75 Å². The molecule has 0 aliphatic heterocycles. The van der Waals surface area contributed by atoms with Crippen LogP contribution in [-0.2, 0) is 14.9 Å². The molecule has 1 amide bonds. The van der Waals surface area contributed by atoms with E-state index in [0.717, 1.165) is 19.1 Å². The Morgan fingerprint density at radius 3 is 2.44 bits per heavy atom. The summed E-state index contributed by atoms with van der Waals surface area (Å²) < 4.78 is 30.4. The molecule has 0 saturated heterocycles. The number of phenols is 1.